The maximum Gasteiger partial charge on any atom is 0.332 e. The van der Waals surface area contributed by atoms with Crippen LogP contribution >= 0.6 is 0 Å². The van der Waals surface area contributed by atoms with E-state index in [2.05, 4.69) is 17.0 Å². The number of unbranched alkanes of at least 4 members (excludes halogenated alkanes) is 2. The van der Waals surface area contributed by atoms with Crippen LogP contribution in [0.25, 0.3) is 0 Å². The summed E-state index contributed by atoms with van der Waals surface area (Å²) in [5.74, 6) is -1.14. The van der Waals surface area contributed by atoms with Gasteiger partial charge in [0.2, 0.25) is 5.91 Å². The normalized spacial score (nSPS) is 13.9. The van der Waals surface area contributed by atoms with Crippen LogP contribution in [-0.2, 0) is 14.3 Å². The number of hydrogen-bond donors (Lipinski definition) is 2. The zero-order valence-electron chi connectivity index (χ0n) is 11.0. The summed E-state index contributed by atoms with van der Waals surface area (Å²) in [6.45, 7) is 5.94. The van der Waals surface area contributed by atoms with Gasteiger partial charge in [0.05, 0.1) is 6.61 Å². The van der Waals surface area contributed by atoms with Crippen LogP contribution in [0, 0.1) is 0 Å². The third kappa shape index (κ3) is 6.94. The summed E-state index contributed by atoms with van der Waals surface area (Å²) >= 11 is 0. The van der Waals surface area contributed by atoms with Crippen molar-refractivity contribution in [1.29, 1.82) is 0 Å². The second-order valence-electron chi connectivity index (χ2n) is 4.14. The molecule has 0 saturated carbocycles. The number of ether oxygens (including phenoxy) is 1. The highest BCUT2D eigenvalue weighted by molar-refractivity contribution is 6.01. The Morgan fingerprint density at radius 1 is 1.29 bits per heavy atom. The van der Waals surface area contributed by atoms with Crippen LogP contribution in [0.5, 0.6) is 0 Å². The van der Waals surface area contributed by atoms with Gasteiger partial charge in [-0.25, -0.2) is 4.79 Å². The summed E-state index contributed by atoms with van der Waals surface area (Å²) in [7, 11) is 0. The second kappa shape index (κ2) is 8.98. The average molecular weight is 244 g/mol. The van der Waals surface area contributed by atoms with E-state index in [-0.39, 0.29) is 12.6 Å². The highest BCUT2D eigenvalue weighted by atomic mass is 16.5. The van der Waals surface area contributed by atoms with E-state index in [1.165, 1.54) is 0 Å². The van der Waals surface area contributed by atoms with E-state index in [0.717, 1.165) is 25.7 Å². The minimum atomic E-state index is -1.22. The SMILES string of the molecule is CCCCCC(C)NC(=O)C(N)C(=O)OCC. The topological polar surface area (TPSA) is 81.4 Å². The van der Waals surface area contributed by atoms with E-state index in [9.17, 15) is 9.59 Å². The summed E-state index contributed by atoms with van der Waals surface area (Å²) in [6.07, 6.45) is 4.24. The third-order valence-corrected chi connectivity index (χ3v) is 2.45. The molecule has 0 fully saturated rings. The molecule has 0 aliphatic carbocycles. The standard InChI is InChI=1S/C12H24N2O3/c1-4-6-7-8-9(3)14-11(15)10(13)12(16)17-5-2/h9-10H,4-8,13H2,1-3H3,(H,14,15). The van der Waals surface area contributed by atoms with Crippen molar-refractivity contribution in [2.24, 2.45) is 5.73 Å². The fraction of sp³-hybridized carbons (Fsp3) is 0.833. The molecule has 5 nitrogen and oxygen atoms in total. The van der Waals surface area contributed by atoms with Crippen LogP contribution in [0.4, 0.5) is 0 Å². The molecule has 0 aliphatic rings. The molecular weight excluding hydrogens is 220 g/mol. The summed E-state index contributed by atoms with van der Waals surface area (Å²) in [5.41, 5.74) is 5.46. The van der Waals surface area contributed by atoms with E-state index < -0.39 is 17.9 Å². The van der Waals surface area contributed by atoms with Gasteiger partial charge in [0, 0.05) is 6.04 Å². The van der Waals surface area contributed by atoms with Gasteiger partial charge >= 0.3 is 5.97 Å². The van der Waals surface area contributed by atoms with Crippen LogP contribution < -0.4 is 11.1 Å². The fourth-order valence-corrected chi connectivity index (χ4v) is 1.44. The molecule has 0 saturated heterocycles. The van der Waals surface area contributed by atoms with Gasteiger partial charge in [-0.15, -0.1) is 0 Å². The first-order valence-electron chi connectivity index (χ1n) is 6.25. The van der Waals surface area contributed by atoms with Gasteiger partial charge in [0.25, 0.3) is 0 Å². The molecule has 0 bridgehead atoms. The Morgan fingerprint density at radius 2 is 1.94 bits per heavy atom. The number of nitrogens with two attached hydrogens (primary N) is 1. The lowest BCUT2D eigenvalue weighted by molar-refractivity contribution is -0.148. The molecule has 0 aromatic rings. The lowest BCUT2D eigenvalue weighted by Crippen LogP contribution is -2.49. The van der Waals surface area contributed by atoms with E-state index in [4.69, 9.17) is 5.73 Å². The van der Waals surface area contributed by atoms with Gasteiger partial charge in [-0.1, -0.05) is 26.2 Å². The lowest BCUT2D eigenvalue weighted by atomic mass is 10.1. The van der Waals surface area contributed by atoms with Gasteiger partial charge in [0.15, 0.2) is 6.04 Å². The van der Waals surface area contributed by atoms with Crippen molar-refractivity contribution in [1.82, 2.24) is 5.32 Å². The van der Waals surface area contributed by atoms with E-state index in [1.807, 2.05) is 6.92 Å². The molecule has 3 N–H and O–H groups in total. The maximum atomic E-state index is 11.6. The molecule has 0 spiro atoms. The Morgan fingerprint density at radius 3 is 2.47 bits per heavy atom. The van der Waals surface area contributed by atoms with Crippen molar-refractivity contribution in [2.75, 3.05) is 6.61 Å². The molecule has 0 heterocycles. The smallest absolute Gasteiger partial charge is 0.332 e. The molecule has 0 aromatic heterocycles. The average Bonchev–Trinajstić information content (AvgIpc) is 2.28. The lowest BCUT2D eigenvalue weighted by Gasteiger charge is -2.16. The van der Waals surface area contributed by atoms with Crippen molar-refractivity contribution in [3.8, 4) is 0 Å². The van der Waals surface area contributed by atoms with Crippen molar-refractivity contribution < 1.29 is 14.3 Å². The van der Waals surface area contributed by atoms with Crippen molar-refractivity contribution in [3.05, 3.63) is 0 Å². The number of amides is 1. The summed E-state index contributed by atoms with van der Waals surface area (Å²) in [4.78, 5) is 22.8. The van der Waals surface area contributed by atoms with Crippen LogP contribution in [0.1, 0.15) is 46.5 Å². The van der Waals surface area contributed by atoms with E-state index in [1.54, 1.807) is 6.92 Å². The van der Waals surface area contributed by atoms with Gasteiger partial charge < -0.3 is 15.8 Å². The summed E-state index contributed by atoms with van der Waals surface area (Å²) in [6, 6.07) is -1.18. The Bertz CT molecular complexity index is 244. The van der Waals surface area contributed by atoms with Gasteiger partial charge in [-0.3, -0.25) is 4.79 Å². The van der Waals surface area contributed by atoms with Crippen molar-refractivity contribution >= 4 is 11.9 Å². The first-order chi connectivity index (χ1) is 8.02. The molecule has 17 heavy (non-hydrogen) atoms. The first kappa shape index (κ1) is 15.9. The Labute approximate surface area is 103 Å². The molecule has 0 radical (unpaired) electrons. The van der Waals surface area contributed by atoms with Crippen LogP contribution in [0.15, 0.2) is 0 Å². The van der Waals surface area contributed by atoms with Crippen molar-refractivity contribution in [3.63, 3.8) is 0 Å². The van der Waals surface area contributed by atoms with Gasteiger partial charge in [-0.05, 0) is 20.3 Å². The molecule has 2 unspecified atom stereocenters. The van der Waals surface area contributed by atoms with Gasteiger partial charge in [-0.2, -0.15) is 0 Å². The molecule has 5 heteroatoms. The molecule has 0 aliphatic heterocycles. The van der Waals surface area contributed by atoms with E-state index >= 15 is 0 Å². The minimum Gasteiger partial charge on any atom is -0.464 e. The molecular formula is C12H24N2O3. The summed E-state index contributed by atoms with van der Waals surface area (Å²) < 4.78 is 4.68. The quantitative estimate of drug-likeness (QED) is 0.378. The molecule has 100 valence electrons. The van der Waals surface area contributed by atoms with Crippen molar-refractivity contribution in [2.45, 2.75) is 58.5 Å². The number of carbonyl (C=O) groups excluding carboxylic acids is 2. The Hall–Kier alpha value is -1.10. The maximum absolute atomic E-state index is 11.6. The predicted molar refractivity (Wildman–Crippen MR) is 66.4 cm³/mol. The zero-order valence-corrected chi connectivity index (χ0v) is 11.0. The molecule has 1 amide bonds. The predicted octanol–water partition coefficient (Wildman–Crippen LogP) is 0.962. The number of esters is 1. The van der Waals surface area contributed by atoms with Crippen LogP contribution in [0.3, 0.4) is 0 Å². The van der Waals surface area contributed by atoms with Gasteiger partial charge in [0.1, 0.15) is 0 Å². The zero-order chi connectivity index (χ0) is 13.3. The fourth-order valence-electron chi connectivity index (χ4n) is 1.44. The number of nitrogens with one attached hydrogen (secondary N) is 1. The minimum absolute atomic E-state index is 0.0366. The number of rotatable bonds is 8. The molecule has 0 aromatic carbocycles. The Balaban J connectivity index is 3.94. The number of hydrogen-bond acceptors (Lipinski definition) is 4. The molecule has 2 atom stereocenters. The highest BCUT2D eigenvalue weighted by Gasteiger charge is 2.24. The second-order valence-corrected chi connectivity index (χ2v) is 4.14. The van der Waals surface area contributed by atoms with E-state index in [0.29, 0.717) is 0 Å². The van der Waals surface area contributed by atoms with Crippen LogP contribution in [-0.4, -0.2) is 30.6 Å². The largest absolute Gasteiger partial charge is 0.464 e. The number of carbonyl (C=O) groups is 2. The third-order valence-electron chi connectivity index (χ3n) is 2.45. The summed E-state index contributed by atoms with van der Waals surface area (Å²) in [5, 5.41) is 2.71. The monoisotopic (exact) mass is 244 g/mol. The highest BCUT2D eigenvalue weighted by Crippen LogP contribution is 2.03. The first-order valence-corrected chi connectivity index (χ1v) is 6.25. The van der Waals surface area contributed by atoms with Crippen LogP contribution in [0.2, 0.25) is 0 Å². The molecule has 0 rings (SSSR count). The Kier molecular flexibility index (Phi) is 8.40.